The second-order valence-corrected chi connectivity index (χ2v) is 8.72. The molecule has 0 spiro atoms. The number of hydrogen-bond donors (Lipinski definition) is 4. The van der Waals surface area contributed by atoms with E-state index >= 15 is 0 Å². The SMILES string of the molecule is CCC(NC(=O)[C@H](CC(C)C)NC(=O)NCc1ccccc1)C(=O)C(=O)NCc1ccc(OC)nc1. The van der Waals surface area contributed by atoms with Crippen molar-refractivity contribution in [3.8, 4) is 5.88 Å². The summed E-state index contributed by atoms with van der Waals surface area (Å²) in [5, 5.41) is 10.6. The number of urea groups is 1. The van der Waals surface area contributed by atoms with Gasteiger partial charge in [-0.05, 0) is 29.9 Å². The van der Waals surface area contributed by atoms with Crippen LogP contribution in [0.4, 0.5) is 4.79 Å². The van der Waals surface area contributed by atoms with Crippen LogP contribution in [0.1, 0.15) is 44.7 Å². The average molecular weight is 498 g/mol. The molecule has 4 amide bonds. The van der Waals surface area contributed by atoms with Crippen molar-refractivity contribution in [2.24, 2.45) is 5.92 Å². The first kappa shape index (κ1) is 28.3. The van der Waals surface area contributed by atoms with Gasteiger partial charge in [0.1, 0.15) is 6.04 Å². The summed E-state index contributed by atoms with van der Waals surface area (Å²) in [7, 11) is 1.50. The number of pyridine rings is 1. The molecule has 1 aromatic carbocycles. The molecule has 0 aliphatic rings. The molecule has 0 saturated carbocycles. The summed E-state index contributed by atoms with van der Waals surface area (Å²) in [6, 6.07) is 10.4. The highest BCUT2D eigenvalue weighted by Crippen LogP contribution is 2.08. The predicted molar refractivity (Wildman–Crippen MR) is 135 cm³/mol. The second kappa shape index (κ2) is 14.4. The summed E-state index contributed by atoms with van der Waals surface area (Å²) in [6.45, 7) is 5.95. The molecule has 0 saturated heterocycles. The Morgan fingerprint density at radius 2 is 1.58 bits per heavy atom. The maximum atomic E-state index is 13.0. The van der Waals surface area contributed by atoms with Crippen molar-refractivity contribution in [1.82, 2.24) is 26.3 Å². The molecule has 10 heteroatoms. The first-order valence-electron chi connectivity index (χ1n) is 11.9. The van der Waals surface area contributed by atoms with Gasteiger partial charge in [0.05, 0.1) is 13.2 Å². The Balaban J connectivity index is 1.93. The number of hydrogen-bond acceptors (Lipinski definition) is 6. The van der Waals surface area contributed by atoms with Crippen molar-refractivity contribution in [2.75, 3.05) is 7.11 Å². The number of ketones is 1. The van der Waals surface area contributed by atoms with Gasteiger partial charge in [0.25, 0.3) is 5.91 Å². The lowest BCUT2D eigenvalue weighted by molar-refractivity contribution is -0.140. The van der Waals surface area contributed by atoms with E-state index in [4.69, 9.17) is 4.74 Å². The van der Waals surface area contributed by atoms with Crippen molar-refractivity contribution in [2.45, 2.75) is 58.8 Å². The van der Waals surface area contributed by atoms with Crippen LogP contribution in [0.2, 0.25) is 0 Å². The fraction of sp³-hybridized carbons (Fsp3) is 0.423. The van der Waals surface area contributed by atoms with Crippen molar-refractivity contribution >= 4 is 23.6 Å². The zero-order valence-corrected chi connectivity index (χ0v) is 21.2. The van der Waals surface area contributed by atoms with E-state index in [1.165, 1.54) is 13.3 Å². The summed E-state index contributed by atoms with van der Waals surface area (Å²) in [5.74, 6) is -1.55. The van der Waals surface area contributed by atoms with Gasteiger partial charge in [-0.25, -0.2) is 9.78 Å². The number of nitrogens with zero attached hydrogens (tertiary/aromatic N) is 1. The molecule has 194 valence electrons. The lowest BCUT2D eigenvalue weighted by atomic mass is 10.0. The van der Waals surface area contributed by atoms with Crippen LogP contribution < -0.4 is 26.0 Å². The Bertz CT molecular complexity index is 1010. The van der Waals surface area contributed by atoms with Crippen molar-refractivity contribution in [1.29, 1.82) is 0 Å². The van der Waals surface area contributed by atoms with E-state index in [0.29, 0.717) is 24.4 Å². The quantitative estimate of drug-likeness (QED) is 0.313. The van der Waals surface area contributed by atoms with Gasteiger partial charge in [0, 0.05) is 25.4 Å². The first-order valence-corrected chi connectivity index (χ1v) is 11.9. The number of carbonyl (C=O) groups is 4. The highest BCUT2D eigenvalue weighted by atomic mass is 16.5. The standard InChI is InChI=1S/C26H35N5O5/c1-5-20(23(32)25(34)28-16-19-11-12-22(36-4)27-15-19)30-24(33)21(13-17(2)3)31-26(35)29-14-18-9-7-6-8-10-18/h6-12,15,17,20-21H,5,13-14,16H2,1-4H3,(H,28,34)(H,30,33)(H2,29,31,35)/t20?,21-/m0/s1. The van der Waals surface area contributed by atoms with Crippen LogP contribution in [0.5, 0.6) is 5.88 Å². The van der Waals surface area contributed by atoms with E-state index in [1.807, 2.05) is 44.2 Å². The van der Waals surface area contributed by atoms with Crippen molar-refractivity contribution in [3.63, 3.8) is 0 Å². The topological polar surface area (TPSA) is 139 Å². The molecule has 1 aromatic heterocycles. The fourth-order valence-electron chi connectivity index (χ4n) is 3.38. The highest BCUT2D eigenvalue weighted by molar-refractivity contribution is 6.38. The Morgan fingerprint density at radius 1 is 0.889 bits per heavy atom. The number of ether oxygens (including phenoxy) is 1. The van der Waals surface area contributed by atoms with Gasteiger partial charge in [-0.3, -0.25) is 14.4 Å². The molecule has 0 aliphatic heterocycles. The van der Waals surface area contributed by atoms with Gasteiger partial charge in [0.2, 0.25) is 17.6 Å². The fourth-order valence-corrected chi connectivity index (χ4v) is 3.38. The summed E-state index contributed by atoms with van der Waals surface area (Å²) in [6.07, 6.45) is 2.12. The molecule has 1 unspecified atom stereocenters. The first-order chi connectivity index (χ1) is 17.2. The van der Waals surface area contributed by atoms with E-state index in [1.54, 1.807) is 19.1 Å². The third-order valence-corrected chi connectivity index (χ3v) is 5.35. The molecule has 10 nitrogen and oxygen atoms in total. The molecule has 4 N–H and O–H groups in total. The lowest BCUT2D eigenvalue weighted by Crippen LogP contribution is -2.55. The zero-order valence-electron chi connectivity index (χ0n) is 21.2. The van der Waals surface area contributed by atoms with E-state index in [-0.39, 0.29) is 18.9 Å². The van der Waals surface area contributed by atoms with E-state index in [9.17, 15) is 19.2 Å². The molecule has 1 heterocycles. The monoisotopic (exact) mass is 497 g/mol. The minimum atomic E-state index is -1.02. The van der Waals surface area contributed by atoms with Crippen LogP contribution in [-0.4, -0.2) is 47.8 Å². The number of amides is 4. The molecule has 0 fully saturated rings. The molecule has 36 heavy (non-hydrogen) atoms. The maximum absolute atomic E-state index is 13.0. The number of methoxy groups -OCH3 is 1. The van der Waals surface area contributed by atoms with E-state index in [2.05, 4.69) is 26.3 Å². The maximum Gasteiger partial charge on any atom is 0.315 e. The van der Waals surface area contributed by atoms with E-state index in [0.717, 1.165) is 5.56 Å². The average Bonchev–Trinajstić information content (AvgIpc) is 2.88. The van der Waals surface area contributed by atoms with Gasteiger partial charge >= 0.3 is 6.03 Å². The van der Waals surface area contributed by atoms with Crippen LogP contribution in [0.25, 0.3) is 0 Å². The van der Waals surface area contributed by atoms with Crippen LogP contribution in [-0.2, 0) is 27.5 Å². The van der Waals surface area contributed by atoms with Gasteiger partial charge in [-0.1, -0.05) is 57.2 Å². The molecule has 0 radical (unpaired) electrons. The lowest BCUT2D eigenvalue weighted by Gasteiger charge is -2.23. The third-order valence-electron chi connectivity index (χ3n) is 5.35. The van der Waals surface area contributed by atoms with Gasteiger partial charge in [-0.15, -0.1) is 0 Å². The third kappa shape index (κ3) is 9.36. The van der Waals surface area contributed by atoms with Gasteiger partial charge in [-0.2, -0.15) is 0 Å². The smallest absolute Gasteiger partial charge is 0.315 e. The molecular formula is C26H35N5O5. The number of Topliss-reactive ketones (excluding diaryl/α,β-unsaturated/α-hetero) is 1. The molecule has 2 aromatic rings. The minimum Gasteiger partial charge on any atom is -0.481 e. The Morgan fingerprint density at radius 3 is 2.17 bits per heavy atom. The molecule has 0 aliphatic carbocycles. The minimum absolute atomic E-state index is 0.102. The van der Waals surface area contributed by atoms with Crippen LogP contribution >= 0.6 is 0 Å². The molecule has 0 bridgehead atoms. The molecular weight excluding hydrogens is 462 g/mol. The van der Waals surface area contributed by atoms with Crippen LogP contribution in [0.3, 0.4) is 0 Å². The van der Waals surface area contributed by atoms with Crippen LogP contribution in [0, 0.1) is 5.92 Å². The largest absolute Gasteiger partial charge is 0.481 e. The van der Waals surface area contributed by atoms with E-state index < -0.39 is 35.7 Å². The highest BCUT2D eigenvalue weighted by Gasteiger charge is 2.29. The normalized spacial score (nSPS) is 12.2. The number of nitrogens with one attached hydrogen (secondary N) is 4. The Labute approximate surface area is 211 Å². The Kier molecular flexibility index (Phi) is 11.4. The zero-order chi connectivity index (χ0) is 26.5. The predicted octanol–water partition coefficient (Wildman–Crippen LogP) is 2.08. The summed E-state index contributed by atoms with van der Waals surface area (Å²) < 4.78 is 4.99. The molecule has 2 atom stereocenters. The number of aromatic nitrogens is 1. The Hall–Kier alpha value is -3.95. The molecule has 2 rings (SSSR count). The van der Waals surface area contributed by atoms with Crippen LogP contribution in [0.15, 0.2) is 48.7 Å². The second-order valence-electron chi connectivity index (χ2n) is 8.72. The van der Waals surface area contributed by atoms with Crippen molar-refractivity contribution in [3.05, 3.63) is 59.8 Å². The van der Waals surface area contributed by atoms with Gasteiger partial charge in [0.15, 0.2) is 0 Å². The van der Waals surface area contributed by atoms with Crippen molar-refractivity contribution < 1.29 is 23.9 Å². The number of rotatable bonds is 13. The summed E-state index contributed by atoms with van der Waals surface area (Å²) >= 11 is 0. The van der Waals surface area contributed by atoms with Gasteiger partial charge < -0.3 is 26.0 Å². The summed E-state index contributed by atoms with van der Waals surface area (Å²) in [5.41, 5.74) is 1.61. The number of carbonyl (C=O) groups excluding carboxylic acids is 4. The number of benzene rings is 1. The summed E-state index contributed by atoms with van der Waals surface area (Å²) in [4.78, 5) is 54.6.